The van der Waals surface area contributed by atoms with Gasteiger partial charge < -0.3 is 9.84 Å². The van der Waals surface area contributed by atoms with E-state index in [1.54, 1.807) is 0 Å². The molecule has 1 N–H and O–H groups in total. The first-order chi connectivity index (χ1) is 12.6. The number of carbonyl (C=O) groups excluding carboxylic acids is 2. The first-order valence-electron chi connectivity index (χ1n) is 10.6. The van der Waals surface area contributed by atoms with Crippen LogP contribution in [0.5, 0.6) is 0 Å². The number of ketones is 1. The highest BCUT2D eigenvalue weighted by Gasteiger charge is 2.58. The van der Waals surface area contributed by atoms with Gasteiger partial charge in [-0.15, -0.1) is 6.58 Å². The minimum atomic E-state index is -0.389. The van der Waals surface area contributed by atoms with Crippen molar-refractivity contribution in [2.75, 3.05) is 6.61 Å². The predicted octanol–water partition coefficient (Wildman–Crippen LogP) is 4.55. The Balaban J connectivity index is 2.56. The number of carbonyl (C=O) groups is 2. The first-order valence-corrected chi connectivity index (χ1v) is 10.6. The van der Waals surface area contributed by atoms with Gasteiger partial charge in [0.1, 0.15) is 11.9 Å². The van der Waals surface area contributed by atoms with Crippen molar-refractivity contribution in [1.82, 2.24) is 0 Å². The van der Waals surface area contributed by atoms with Crippen LogP contribution >= 0.6 is 0 Å². The zero-order valence-corrected chi connectivity index (χ0v) is 17.8. The summed E-state index contributed by atoms with van der Waals surface area (Å²) in [5.74, 6) is 0.877. The number of hydrogen-bond donors (Lipinski definition) is 1. The third-order valence-corrected chi connectivity index (χ3v) is 7.74. The second kappa shape index (κ2) is 8.46. The molecule has 7 atom stereocenters. The lowest BCUT2D eigenvalue weighted by atomic mass is 9.48. The van der Waals surface area contributed by atoms with E-state index >= 15 is 0 Å². The molecule has 2 saturated carbocycles. The maximum absolute atomic E-state index is 13.1. The summed E-state index contributed by atoms with van der Waals surface area (Å²) in [7, 11) is 0. The lowest BCUT2D eigenvalue weighted by molar-refractivity contribution is -0.183. The van der Waals surface area contributed by atoms with E-state index in [-0.39, 0.29) is 41.8 Å². The molecule has 2 rings (SSSR count). The second-order valence-corrected chi connectivity index (χ2v) is 9.50. The lowest BCUT2D eigenvalue weighted by Gasteiger charge is -2.57. The summed E-state index contributed by atoms with van der Waals surface area (Å²) >= 11 is 0. The molecular weight excluding hydrogens is 340 g/mol. The van der Waals surface area contributed by atoms with Gasteiger partial charge in [0.05, 0.1) is 13.0 Å². The summed E-state index contributed by atoms with van der Waals surface area (Å²) in [5.41, 5.74) is -0.527. The smallest absolute Gasteiger partial charge is 0.308 e. The van der Waals surface area contributed by atoms with Crippen LogP contribution in [0.25, 0.3) is 0 Å². The topological polar surface area (TPSA) is 63.6 Å². The van der Waals surface area contributed by atoms with Gasteiger partial charge in [0.15, 0.2) is 0 Å². The third kappa shape index (κ3) is 4.16. The van der Waals surface area contributed by atoms with Crippen LogP contribution in [-0.4, -0.2) is 29.6 Å². The van der Waals surface area contributed by atoms with Crippen molar-refractivity contribution >= 4 is 11.8 Å². The van der Waals surface area contributed by atoms with Gasteiger partial charge in [-0.2, -0.15) is 0 Å². The fraction of sp³-hybridized carbons (Fsp3) is 0.826. The Hall–Kier alpha value is -1.16. The van der Waals surface area contributed by atoms with Gasteiger partial charge in [0, 0.05) is 17.8 Å². The molecular formula is C23H38O4. The van der Waals surface area contributed by atoms with Gasteiger partial charge >= 0.3 is 5.97 Å². The van der Waals surface area contributed by atoms with E-state index in [1.165, 1.54) is 0 Å². The average Bonchev–Trinajstić information content (AvgIpc) is 2.61. The molecule has 154 valence electrons. The zero-order valence-electron chi connectivity index (χ0n) is 17.8. The van der Waals surface area contributed by atoms with E-state index in [9.17, 15) is 9.59 Å². The van der Waals surface area contributed by atoms with Crippen molar-refractivity contribution in [3.05, 3.63) is 12.7 Å². The highest BCUT2D eigenvalue weighted by atomic mass is 16.5. The number of Topliss-reactive ketones (excluding diaryl/α,β-unsaturated/α-hetero) is 1. The maximum atomic E-state index is 13.1. The highest BCUT2D eigenvalue weighted by molar-refractivity contribution is 5.82. The van der Waals surface area contributed by atoms with Crippen LogP contribution in [0.2, 0.25) is 0 Å². The summed E-state index contributed by atoms with van der Waals surface area (Å²) in [6.07, 6.45) is 5.92. The maximum Gasteiger partial charge on any atom is 0.308 e. The Morgan fingerprint density at radius 1 is 1.22 bits per heavy atom. The van der Waals surface area contributed by atoms with E-state index in [0.717, 1.165) is 19.3 Å². The molecule has 2 bridgehead atoms. The molecule has 2 aliphatic carbocycles. The van der Waals surface area contributed by atoms with Crippen LogP contribution in [-0.2, 0) is 14.3 Å². The Labute approximate surface area is 164 Å². The average molecular weight is 379 g/mol. The molecule has 4 nitrogen and oxygen atoms in total. The summed E-state index contributed by atoms with van der Waals surface area (Å²) in [5, 5.41) is 9.15. The molecule has 5 unspecified atom stereocenters. The zero-order chi connectivity index (χ0) is 20.4. The Kier molecular flexibility index (Phi) is 6.94. The van der Waals surface area contributed by atoms with Gasteiger partial charge in [-0.1, -0.05) is 40.7 Å². The van der Waals surface area contributed by atoms with Crippen molar-refractivity contribution < 1.29 is 19.4 Å². The summed E-state index contributed by atoms with van der Waals surface area (Å²) in [6, 6.07) is 0. The molecule has 2 fully saturated rings. The number of esters is 1. The van der Waals surface area contributed by atoms with Gasteiger partial charge in [0.25, 0.3) is 0 Å². The van der Waals surface area contributed by atoms with Crippen LogP contribution in [0.3, 0.4) is 0 Å². The van der Waals surface area contributed by atoms with Crippen LogP contribution in [0.4, 0.5) is 0 Å². The van der Waals surface area contributed by atoms with Crippen molar-refractivity contribution in [1.29, 1.82) is 0 Å². The summed E-state index contributed by atoms with van der Waals surface area (Å²) < 4.78 is 5.98. The molecule has 0 saturated heterocycles. The third-order valence-electron chi connectivity index (χ3n) is 7.74. The molecule has 0 heterocycles. The minimum Gasteiger partial charge on any atom is -0.462 e. The largest absolute Gasteiger partial charge is 0.462 e. The molecule has 0 aromatic carbocycles. The van der Waals surface area contributed by atoms with E-state index in [4.69, 9.17) is 9.84 Å². The van der Waals surface area contributed by atoms with Crippen LogP contribution < -0.4 is 0 Å². The minimum absolute atomic E-state index is 0.00200. The number of rotatable bonds is 6. The van der Waals surface area contributed by atoms with Gasteiger partial charge in [0.2, 0.25) is 0 Å². The predicted molar refractivity (Wildman–Crippen MR) is 107 cm³/mol. The summed E-state index contributed by atoms with van der Waals surface area (Å²) in [4.78, 5) is 25.5. The molecule has 0 amide bonds. The van der Waals surface area contributed by atoms with E-state index in [1.807, 2.05) is 13.0 Å². The van der Waals surface area contributed by atoms with E-state index in [2.05, 4.69) is 34.3 Å². The second-order valence-electron chi connectivity index (χ2n) is 9.50. The lowest BCUT2D eigenvalue weighted by Crippen LogP contribution is -2.58. The monoisotopic (exact) mass is 378 g/mol. The first kappa shape index (κ1) is 22.1. The van der Waals surface area contributed by atoms with E-state index in [0.29, 0.717) is 36.4 Å². The van der Waals surface area contributed by atoms with E-state index < -0.39 is 0 Å². The van der Waals surface area contributed by atoms with Gasteiger partial charge in [-0.05, 0) is 48.9 Å². The molecule has 0 aromatic rings. The van der Waals surface area contributed by atoms with Crippen LogP contribution in [0, 0.1) is 34.5 Å². The normalized spacial score (nSPS) is 41.9. The highest BCUT2D eigenvalue weighted by Crippen LogP contribution is 2.58. The van der Waals surface area contributed by atoms with Crippen molar-refractivity contribution in [3.8, 4) is 0 Å². The number of fused-ring (bicyclic) bond motifs is 2. The number of allylic oxidation sites excluding steroid dienone is 1. The summed E-state index contributed by atoms with van der Waals surface area (Å²) in [6.45, 7) is 14.6. The van der Waals surface area contributed by atoms with Gasteiger partial charge in [-0.3, -0.25) is 9.59 Å². The van der Waals surface area contributed by atoms with Crippen molar-refractivity contribution in [2.24, 2.45) is 34.5 Å². The molecule has 0 spiro atoms. The molecule has 0 radical (unpaired) electrons. The molecule has 2 aliphatic rings. The van der Waals surface area contributed by atoms with Gasteiger partial charge in [-0.25, -0.2) is 0 Å². The molecule has 0 aromatic heterocycles. The standard InChI is InChI=1S/C23H38O4/c1-7-18(25)21-17-10-9-16(4)23(21,6)19(27-20(26)11-12-24)14-22(5,8-2)13-15(17)3/h8,15-17,19,21,24H,2,7,9-14H2,1,3-6H3/t15?,16?,17?,19?,21?,22-,23+/m1/s1. The fourth-order valence-corrected chi connectivity index (χ4v) is 5.88. The van der Waals surface area contributed by atoms with Crippen molar-refractivity contribution in [2.45, 2.75) is 79.2 Å². The van der Waals surface area contributed by atoms with Crippen molar-refractivity contribution in [3.63, 3.8) is 0 Å². The molecule has 27 heavy (non-hydrogen) atoms. The SMILES string of the molecule is C=C[C@]1(C)CC(C)C2CCC(C)[C@@](C)(C(OC(=O)CCO)C1)C2C(=O)CC. The number of ether oxygens (including phenoxy) is 1. The number of hydrogen-bond acceptors (Lipinski definition) is 4. The molecule has 0 aliphatic heterocycles. The number of aliphatic hydroxyl groups is 1. The Morgan fingerprint density at radius 3 is 2.44 bits per heavy atom. The quantitative estimate of drug-likeness (QED) is 0.544. The Morgan fingerprint density at radius 2 is 1.89 bits per heavy atom. The fourth-order valence-electron chi connectivity index (χ4n) is 5.88. The number of aliphatic hydroxyl groups excluding tert-OH is 1. The molecule has 4 heteroatoms. The van der Waals surface area contributed by atoms with Crippen LogP contribution in [0.15, 0.2) is 12.7 Å². The Bertz CT molecular complexity index is 571. The van der Waals surface area contributed by atoms with Crippen LogP contribution in [0.1, 0.15) is 73.1 Å².